The van der Waals surface area contributed by atoms with Gasteiger partial charge in [-0.05, 0) is 0 Å². The van der Waals surface area contributed by atoms with Crippen molar-refractivity contribution in [1.29, 1.82) is 0 Å². The maximum atomic E-state index is 8.56. The zero-order valence-electron chi connectivity index (χ0n) is 7.62. The second kappa shape index (κ2) is 53.7. The van der Waals surface area contributed by atoms with Gasteiger partial charge in [0.2, 0.25) is 0 Å². The molecule has 0 fully saturated rings. The summed E-state index contributed by atoms with van der Waals surface area (Å²) in [6, 6.07) is 0. The first-order chi connectivity index (χ1) is 5.20. The molecule has 0 aliphatic rings. The molecule has 0 rings (SSSR count). The van der Waals surface area contributed by atoms with Crippen LogP contribution < -0.4 is 0 Å². The first kappa shape index (κ1) is 64.2. The molecule has 0 saturated heterocycles. The molecule has 0 aliphatic heterocycles. The zero-order chi connectivity index (χ0) is 10.7. The summed E-state index contributed by atoms with van der Waals surface area (Å²) >= 11 is 0. The molecular formula is C3H18Al2CaO12. The monoisotopic (exact) mass is 340 g/mol. The summed E-state index contributed by atoms with van der Waals surface area (Å²) in [5.41, 5.74) is 0. The van der Waals surface area contributed by atoms with Gasteiger partial charge in [-0.15, -0.1) is 0 Å². The van der Waals surface area contributed by atoms with E-state index in [4.69, 9.17) is 45.0 Å². The van der Waals surface area contributed by atoms with Gasteiger partial charge in [-0.25, -0.2) is 14.4 Å². The Hall–Kier alpha value is 0.0147. The van der Waals surface area contributed by atoms with E-state index in [0.717, 1.165) is 0 Å². The van der Waals surface area contributed by atoms with Gasteiger partial charge < -0.3 is 47.1 Å². The summed E-state index contributed by atoms with van der Waals surface area (Å²) in [6.07, 6.45) is -5.50. The Labute approximate surface area is 151 Å². The number of carboxylic acid groups (broad SMARTS) is 6. The van der Waals surface area contributed by atoms with Crippen LogP contribution >= 0.6 is 0 Å². The Bertz CT molecular complexity index is 123. The van der Waals surface area contributed by atoms with E-state index < -0.39 is 18.5 Å². The van der Waals surface area contributed by atoms with Crippen molar-refractivity contribution in [2.45, 2.75) is 0 Å². The first-order valence-corrected chi connectivity index (χ1v) is 1.95. The third kappa shape index (κ3) is 16800000. The molecule has 0 heterocycles. The summed E-state index contributed by atoms with van der Waals surface area (Å²) in [5.74, 6) is 0. The topological polar surface area (TPSA) is 267 Å². The quantitative estimate of drug-likeness (QED) is 0.231. The van der Waals surface area contributed by atoms with Gasteiger partial charge in [0.15, 0.2) is 34.7 Å². The van der Waals surface area contributed by atoms with Crippen molar-refractivity contribution < 1.29 is 61.5 Å². The van der Waals surface area contributed by atoms with Crippen LogP contribution in [-0.2, 0) is 0 Å². The van der Waals surface area contributed by atoms with Crippen molar-refractivity contribution in [3.05, 3.63) is 0 Å². The van der Waals surface area contributed by atoms with E-state index in [1.165, 1.54) is 0 Å². The third-order valence-corrected chi connectivity index (χ3v) is 0. The molecule has 15 heteroatoms. The zero-order valence-corrected chi connectivity index (χ0v) is 9.82. The van der Waals surface area contributed by atoms with Crippen LogP contribution in [0.5, 0.6) is 0 Å². The van der Waals surface area contributed by atoms with Crippen LogP contribution in [0.3, 0.4) is 0 Å². The molecule has 0 aromatic carbocycles. The van der Waals surface area contributed by atoms with E-state index in [9.17, 15) is 0 Å². The fourth-order valence-corrected chi connectivity index (χ4v) is 0. The minimum absolute atomic E-state index is 0. The van der Waals surface area contributed by atoms with Gasteiger partial charge in [0, 0.05) is 37.7 Å². The molecule has 0 unspecified atom stereocenters. The van der Waals surface area contributed by atoms with Gasteiger partial charge in [0.25, 0.3) is 0 Å². The summed E-state index contributed by atoms with van der Waals surface area (Å²) in [6.45, 7) is 0. The van der Waals surface area contributed by atoms with E-state index in [1.54, 1.807) is 0 Å². The smallest absolute Gasteiger partial charge is 0.450 e. The van der Waals surface area contributed by atoms with Gasteiger partial charge in [0.05, 0.1) is 0 Å². The Morgan fingerprint density at radius 3 is 0.500 bits per heavy atom. The molecule has 18 heavy (non-hydrogen) atoms. The number of rotatable bonds is 0. The molecule has 0 saturated carbocycles. The van der Waals surface area contributed by atoms with Crippen LogP contribution in [0, 0.1) is 0 Å². The van der Waals surface area contributed by atoms with Gasteiger partial charge in [-0.1, -0.05) is 0 Å². The molecule has 0 bridgehead atoms. The van der Waals surface area contributed by atoms with Crippen LogP contribution in [0.4, 0.5) is 14.4 Å². The van der Waals surface area contributed by atoms with Gasteiger partial charge >= 0.3 is 18.5 Å². The van der Waals surface area contributed by atoms with E-state index >= 15 is 0 Å². The van der Waals surface area contributed by atoms with E-state index in [-0.39, 0.29) is 88.9 Å². The molecule has 0 atom stereocenters. The van der Waals surface area contributed by atoms with Crippen LogP contribution in [0.1, 0.15) is 0 Å². The van der Waals surface area contributed by atoms with E-state index in [1.807, 2.05) is 0 Å². The molecule has 2 radical (unpaired) electrons. The van der Waals surface area contributed by atoms with Crippen molar-refractivity contribution >= 4 is 90.9 Å². The molecule has 0 aromatic rings. The van der Waals surface area contributed by atoms with Crippen LogP contribution in [0.2, 0.25) is 0 Å². The van der Waals surface area contributed by atoms with Gasteiger partial charge in [-0.2, -0.15) is 0 Å². The first-order valence-electron chi connectivity index (χ1n) is 1.95. The van der Waals surface area contributed by atoms with E-state index in [2.05, 4.69) is 0 Å². The average Bonchev–Trinajstić information content (AvgIpc) is 1.54. The molecule has 12 nitrogen and oxygen atoms in total. The average molecular weight is 340 g/mol. The predicted molar refractivity (Wildman–Crippen MR) is 68.4 cm³/mol. The van der Waals surface area contributed by atoms with Crippen molar-refractivity contribution in [2.75, 3.05) is 0 Å². The molecule has 0 aromatic heterocycles. The van der Waals surface area contributed by atoms with Crippen molar-refractivity contribution in [1.82, 2.24) is 0 Å². The Morgan fingerprint density at radius 1 is 0.500 bits per heavy atom. The maximum Gasteiger partial charge on any atom is 0.503 e. The SMILES string of the molecule is O.O.O.O=C(O)O.O=C(O)O.O=C(O)O.[AlH3].[AlH3].[Ca]. The summed E-state index contributed by atoms with van der Waals surface area (Å²) in [5, 5.41) is 41.8. The molecular weight excluding hydrogens is 322 g/mol. The normalized spacial score (nSPS) is 4.00. The molecule has 0 aliphatic carbocycles. The van der Waals surface area contributed by atoms with Gasteiger partial charge in [0.1, 0.15) is 0 Å². The van der Waals surface area contributed by atoms with Crippen molar-refractivity contribution in [3.8, 4) is 0 Å². The Kier molecular flexibility index (Phi) is 191. The molecule has 110 valence electrons. The van der Waals surface area contributed by atoms with Gasteiger partial charge in [-0.3, -0.25) is 0 Å². The number of carbonyl (C=O) groups is 3. The van der Waals surface area contributed by atoms with Crippen LogP contribution in [0.15, 0.2) is 0 Å². The third-order valence-electron chi connectivity index (χ3n) is 0. The fourth-order valence-electron chi connectivity index (χ4n) is 0. The fraction of sp³-hybridized carbons (Fsp3) is 0. The largest absolute Gasteiger partial charge is 0.503 e. The molecule has 0 spiro atoms. The van der Waals surface area contributed by atoms with Crippen molar-refractivity contribution in [2.24, 2.45) is 0 Å². The Morgan fingerprint density at radius 2 is 0.500 bits per heavy atom. The summed E-state index contributed by atoms with van der Waals surface area (Å²) < 4.78 is 0. The minimum atomic E-state index is -1.83. The van der Waals surface area contributed by atoms with Crippen LogP contribution in [0.25, 0.3) is 0 Å². The maximum absolute atomic E-state index is 8.56. The summed E-state index contributed by atoms with van der Waals surface area (Å²) in [4.78, 5) is 25.7. The van der Waals surface area contributed by atoms with Crippen molar-refractivity contribution in [3.63, 3.8) is 0 Å². The second-order valence-corrected chi connectivity index (χ2v) is 0.848. The minimum Gasteiger partial charge on any atom is -0.450 e. The molecule has 0 amide bonds. The predicted octanol–water partition coefficient (Wildman–Crippen LogP) is -4.56. The number of hydrogen-bond acceptors (Lipinski definition) is 3. The summed E-state index contributed by atoms with van der Waals surface area (Å²) in [7, 11) is 0. The van der Waals surface area contributed by atoms with E-state index in [0.29, 0.717) is 0 Å². The Balaban J connectivity index is -0.00000000827. The van der Waals surface area contributed by atoms with Crippen LogP contribution in [-0.4, -0.2) is 138 Å². The second-order valence-electron chi connectivity index (χ2n) is 0.848. The standard InChI is InChI=1S/3CH2O3.2Al.Ca.3H2O.6H/c3*2-1(3)4;;;;;;;;;;;;/h3*(H2,2,3,4);;;;3*1H2;;;;;;. The number of hydrogen-bond donors (Lipinski definition) is 6. The molecule has 12 N–H and O–H groups in total.